The van der Waals surface area contributed by atoms with Crippen LogP contribution < -0.4 is 20.5 Å². The Morgan fingerprint density at radius 1 is 1.23 bits per heavy atom. The highest BCUT2D eigenvalue weighted by atomic mass is 35.5. The molecular formula is C19H31ClN2O4. The van der Waals surface area contributed by atoms with Gasteiger partial charge in [0.15, 0.2) is 11.5 Å². The lowest BCUT2D eigenvalue weighted by Crippen LogP contribution is -2.47. The molecule has 0 aromatic heterocycles. The third-order valence-electron chi connectivity index (χ3n) is 4.40. The van der Waals surface area contributed by atoms with Gasteiger partial charge in [-0.25, -0.2) is 0 Å². The molecule has 1 amide bonds. The Balaban J connectivity index is 0.00000338. The van der Waals surface area contributed by atoms with Gasteiger partial charge in [-0.2, -0.15) is 0 Å². The van der Waals surface area contributed by atoms with Crippen molar-refractivity contribution in [1.29, 1.82) is 0 Å². The molecule has 1 atom stereocenters. The fourth-order valence-electron chi connectivity index (χ4n) is 2.99. The molecule has 0 aliphatic carbocycles. The van der Waals surface area contributed by atoms with E-state index in [4.69, 9.17) is 19.9 Å². The third kappa shape index (κ3) is 6.67. The summed E-state index contributed by atoms with van der Waals surface area (Å²) >= 11 is 0. The van der Waals surface area contributed by atoms with Crippen LogP contribution in [-0.2, 0) is 16.0 Å². The topological polar surface area (TPSA) is 82.8 Å². The van der Waals surface area contributed by atoms with E-state index in [2.05, 4.69) is 5.32 Å². The summed E-state index contributed by atoms with van der Waals surface area (Å²) in [5, 5.41) is 2.94. The van der Waals surface area contributed by atoms with Gasteiger partial charge in [0.05, 0.1) is 19.3 Å². The number of carbonyl (C=O) groups is 1. The van der Waals surface area contributed by atoms with E-state index in [-0.39, 0.29) is 24.2 Å². The number of halogens is 1. The molecule has 1 saturated heterocycles. The molecule has 1 aliphatic heterocycles. The summed E-state index contributed by atoms with van der Waals surface area (Å²) in [6.45, 7) is 7.01. The molecule has 1 unspecified atom stereocenters. The zero-order valence-corrected chi connectivity index (χ0v) is 16.5. The van der Waals surface area contributed by atoms with Crippen molar-refractivity contribution >= 4 is 18.3 Å². The van der Waals surface area contributed by atoms with Crippen LogP contribution in [0.1, 0.15) is 32.3 Å². The highest BCUT2D eigenvalue weighted by Gasteiger charge is 2.26. The van der Waals surface area contributed by atoms with Gasteiger partial charge in [-0.3, -0.25) is 4.79 Å². The fourth-order valence-corrected chi connectivity index (χ4v) is 2.99. The van der Waals surface area contributed by atoms with Crippen molar-refractivity contribution in [3.63, 3.8) is 0 Å². The number of amides is 1. The van der Waals surface area contributed by atoms with Gasteiger partial charge < -0.3 is 25.3 Å². The first-order valence-electron chi connectivity index (χ1n) is 9.15. The van der Waals surface area contributed by atoms with Crippen molar-refractivity contribution in [2.75, 3.05) is 33.0 Å². The largest absolute Gasteiger partial charge is 0.490 e. The van der Waals surface area contributed by atoms with Crippen LogP contribution in [0, 0.1) is 5.92 Å². The highest BCUT2D eigenvalue weighted by molar-refractivity contribution is 5.85. The number of carbonyl (C=O) groups excluding carboxylic acids is 1. The van der Waals surface area contributed by atoms with E-state index in [1.165, 1.54) is 0 Å². The molecule has 7 heteroatoms. The Hall–Kier alpha value is -1.50. The van der Waals surface area contributed by atoms with Crippen molar-refractivity contribution in [3.05, 3.63) is 23.8 Å². The first-order valence-corrected chi connectivity index (χ1v) is 9.15. The summed E-state index contributed by atoms with van der Waals surface area (Å²) in [5.41, 5.74) is 7.17. The SMILES string of the molecule is CCOc1ccc(CCNC(=O)C(N)C2CCOCC2)cc1OCC.Cl. The number of nitrogens with two attached hydrogens (primary N) is 1. The Labute approximate surface area is 162 Å². The Kier molecular flexibility index (Phi) is 10.4. The maximum Gasteiger partial charge on any atom is 0.237 e. The predicted octanol–water partition coefficient (Wildman–Crippen LogP) is 2.32. The van der Waals surface area contributed by atoms with Gasteiger partial charge in [-0.05, 0) is 56.7 Å². The van der Waals surface area contributed by atoms with Crippen LogP contribution in [0.5, 0.6) is 11.5 Å². The van der Waals surface area contributed by atoms with Gasteiger partial charge in [0.2, 0.25) is 5.91 Å². The van der Waals surface area contributed by atoms with E-state index < -0.39 is 6.04 Å². The van der Waals surface area contributed by atoms with Crippen LogP contribution in [0.15, 0.2) is 18.2 Å². The lowest BCUT2D eigenvalue weighted by atomic mass is 9.92. The second kappa shape index (κ2) is 12.0. The average Bonchev–Trinajstić information content (AvgIpc) is 2.64. The second-order valence-electron chi connectivity index (χ2n) is 6.16. The van der Waals surface area contributed by atoms with Crippen LogP contribution in [0.25, 0.3) is 0 Å². The van der Waals surface area contributed by atoms with Gasteiger partial charge in [-0.1, -0.05) is 6.07 Å². The molecule has 3 N–H and O–H groups in total. The summed E-state index contributed by atoms with van der Waals surface area (Å²) < 4.78 is 16.5. The molecule has 1 aliphatic rings. The second-order valence-corrected chi connectivity index (χ2v) is 6.16. The van der Waals surface area contributed by atoms with E-state index in [0.29, 0.717) is 33.0 Å². The monoisotopic (exact) mass is 386 g/mol. The molecule has 148 valence electrons. The first kappa shape index (κ1) is 22.5. The van der Waals surface area contributed by atoms with E-state index in [1.807, 2.05) is 32.0 Å². The average molecular weight is 387 g/mol. The van der Waals surface area contributed by atoms with Crippen molar-refractivity contribution < 1.29 is 19.0 Å². The number of benzene rings is 1. The Morgan fingerprint density at radius 3 is 2.54 bits per heavy atom. The van der Waals surface area contributed by atoms with Crippen molar-refractivity contribution in [3.8, 4) is 11.5 Å². The van der Waals surface area contributed by atoms with Crippen LogP contribution in [0.2, 0.25) is 0 Å². The quantitative estimate of drug-likeness (QED) is 0.680. The van der Waals surface area contributed by atoms with E-state index in [1.54, 1.807) is 0 Å². The molecule has 1 heterocycles. The Bertz CT molecular complexity index is 550. The number of hydrogen-bond acceptors (Lipinski definition) is 5. The first-order chi connectivity index (χ1) is 12.2. The van der Waals surface area contributed by atoms with Crippen LogP contribution in [0.4, 0.5) is 0 Å². The summed E-state index contributed by atoms with van der Waals surface area (Å²) in [7, 11) is 0. The minimum absolute atomic E-state index is 0. The van der Waals surface area contributed by atoms with Gasteiger partial charge in [0.25, 0.3) is 0 Å². The molecule has 0 saturated carbocycles. The van der Waals surface area contributed by atoms with Gasteiger partial charge >= 0.3 is 0 Å². The van der Waals surface area contributed by atoms with E-state index in [0.717, 1.165) is 36.3 Å². The predicted molar refractivity (Wildman–Crippen MR) is 104 cm³/mol. The standard InChI is InChI=1S/C19H30N2O4.ClH/c1-3-24-16-6-5-14(13-17(16)25-4-2)7-10-21-19(22)18(20)15-8-11-23-12-9-15;/h5-6,13,15,18H,3-4,7-12,20H2,1-2H3,(H,21,22);1H. The summed E-state index contributed by atoms with van der Waals surface area (Å²) in [6, 6.07) is 5.43. The smallest absolute Gasteiger partial charge is 0.237 e. The Morgan fingerprint density at radius 2 is 1.88 bits per heavy atom. The molecule has 0 radical (unpaired) electrons. The van der Waals surface area contributed by atoms with Gasteiger partial charge in [0, 0.05) is 19.8 Å². The lowest BCUT2D eigenvalue weighted by molar-refractivity contribution is -0.124. The lowest BCUT2D eigenvalue weighted by Gasteiger charge is -2.26. The van der Waals surface area contributed by atoms with E-state index in [9.17, 15) is 4.79 Å². The summed E-state index contributed by atoms with van der Waals surface area (Å²) in [4.78, 5) is 12.2. The van der Waals surface area contributed by atoms with Gasteiger partial charge in [0.1, 0.15) is 0 Å². The number of hydrogen-bond donors (Lipinski definition) is 2. The van der Waals surface area contributed by atoms with E-state index >= 15 is 0 Å². The zero-order chi connectivity index (χ0) is 18.1. The molecule has 1 fully saturated rings. The third-order valence-corrected chi connectivity index (χ3v) is 4.40. The summed E-state index contributed by atoms with van der Waals surface area (Å²) in [5.74, 6) is 1.62. The maximum atomic E-state index is 12.2. The van der Waals surface area contributed by atoms with Crippen molar-refractivity contribution in [2.45, 2.75) is 39.2 Å². The summed E-state index contributed by atoms with van der Waals surface area (Å²) in [6.07, 6.45) is 2.43. The molecule has 1 aromatic carbocycles. The molecule has 1 aromatic rings. The van der Waals surface area contributed by atoms with Crippen LogP contribution in [0.3, 0.4) is 0 Å². The molecule has 26 heavy (non-hydrogen) atoms. The molecule has 0 bridgehead atoms. The zero-order valence-electron chi connectivity index (χ0n) is 15.7. The number of rotatable bonds is 9. The molecule has 6 nitrogen and oxygen atoms in total. The highest BCUT2D eigenvalue weighted by Crippen LogP contribution is 2.28. The number of ether oxygens (including phenoxy) is 3. The molecule has 0 spiro atoms. The normalized spacial score (nSPS) is 15.7. The van der Waals surface area contributed by atoms with Crippen LogP contribution >= 0.6 is 12.4 Å². The maximum absolute atomic E-state index is 12.2. The molecular weight excluding hydrogens is 356 g/mol. The minimum Gasteiger partial charge on any atom is -0.490 e. The van der Waals surface area contributed by atoms with Gasteiger partial charge in [-0.15, -0.1) is 12.4 Å². The van der Waals surface area contributed by atoms with Crippen LogP contribution in [-0.4, -0.2) is 44.9 Å². The minimum atomic E-state index is -0.455. The molecule has 2 rings (SSSR count). The fraction of sp³-hybridized carbons (Fsp3) is 0.632. The van der Waals surface area contributed by atoms with Crippen molar-refractivity contribution in [2.24, 2.45) is 11.7 Å². The number of nitrogens with one attached hydrogen (secondary N) is 1. The van der Waals surface area contributed by atoms with Crippen molar-refractivity contribution in [1.82, 2.24) is 5.32 Å².